The Morgan fingerprint density at radius 2 is 2.12 bits per heavy atom. The quantitative estimate of drug-likeness (QED) is 0.828. The zero-order valence-corrected chi connectivity index (χ0v) is 16.8. The highest BCUT2D eigenvalue weighted by molar-refractivity contribution is 7.13. The Kier molecular flexibility index (Phi) is 6.43. The number of hydrogen-bond donors (Lipinski definition) is 1. The lowest BCUT2D eigenvalue weighted by Crippen LogP contribution is -2.40. The van der Waals surface area contributed by atoms with Crippen LogP contribution < -0.4 is 5.32 Å². The number of hydrogen-bond acceptors (Lipinski definition) is 4. The molecule has 1 aromatic heterocycles. The van der Waals surface area contributed by atoms with Gasteiger partial charge in [0.15, 0.2) is 0 Å². The average Bonchev–Trinajstić information content (AvgIpc) is 3.05. The molecule has 0 unspecified atom stereocenters. The minimum atomic E-state index is 0.0171. The summed E-state index contributed by atoms with van der Waals surface area (Å²) >= 11 is 1.52. The Morgan fingerprint density at radius 3 is 2.81 bits per heavy atom. The second-order valence-corrected chi connectivity index (χ2v) is 8.46. The van der Waals surface area contributed by atoms with Crippen LogP contribution in [0.5, 0.6) is 0 Å². The summed E-state index contributed by atoms with van der Waals surface area (Å²) in [6, 6.07) is 10.8. The minimum Gasteiger partial charge on any atom is -0.350 e. The summed E-state index contributed by atoms with van der Waals surface area (Å²) in [6.45, 7) is 9.94. The minimum absolute atomic E-state index is 0.0171. The first kappa shape index (κ1) is 19.1. The number of benzene rings is 1. The van der Waals surface area contributed by atoms with Crippen LogP contribution in [0.2, 0.25) is 0 Å². The third kappa shape index (κ3) is 4.71. The molecule has 140 valence electrons. The maximum absolute atomic E-state index is 12.5. The number of thiazole rings is 1. The monoisotopic (exact) mass is 371 g/mol. The molecule has 1 fully saturated rings. The number of aromatic nitrogens is 1. The van der Waals surface area contributed by atoms with Crippen molar-refractivity contribution in [3.63, 3.8) is 0 Å². The van der Waals surface area contributed by atoms with Crippen molar-refractivity contribution in [2.75, 3.05) is 26.2 Å². The van der Waals surface area contributed by atoms with Crippen molar-refractivity contribution in [3.8, 4) is 0 Å². The highest BCUT2D eigenvalue weighted by Gasteiger charge is 2.21. The van der Waals surface area contributed by atoms with E-state index < -0.39 is 0 Å². The van der Waals surface area contributed by atoms with Gasteiger partial charge in [0.05, 0.1) is 10.7 Å². The molecule has 2 heterocycles. The van der Waals surface area contributed by atoms with Crippen molar-refractivity contribution in [3.05, 3.63) is 51.5 Å². The lowest BCUT2D eigenvalue weighted by Gasteiger charge is -2.33. The summed E-state index contributed by atoms with van der Waals surface area (Å²) in [5.41, 5.74) is 2.28. The molecule has 0 aliphatic carbocycles. The van der Waals surface area contributed by atoms with Crippen LogP contribution >= 0.6 is 11.3 Å². The molecule has 1 aliphatic rings. The van der Waals surface area contributed by atoms with Gasteiger partial charge in [0, 0.05) is 25.6 Å². The van der Waals surface area contributed by atoms with Gasteiger partial charge in [0.1, 0.15) is 4.88 Å². The van der Waals surface area contributed by atoms with E-state index in [0.717, 1.165) is 35.2 Å². The lowest BCUT2D eigenvalue weighted by atomic mass is 9.91. The van der Waals surface area contributed by atoms with Crippen LogP contribution in [0.1, 0.15) is 64.5 Å². The third-order valence-electron chi connectivity index (χ3n) is 5.00. The molecule has 0 spiro atoms. The highest BCUT2D eigenvalue weighted by atomic mass is 32.1. The van der Waals surface area contributed by atoms with Gasteiger partial charge in [-0.3, -0.25) is 4.79 Å². The number of nitrogens with zero attached hydrogens (tertiary/aromatic N) is 2. The molecule has 1 aliphatic heterocycles. The maximum Gasteiger partial charge on any atom is 0.263 e. The maximum atomic E-state index is 12.5. The van der Waals surface area contributed by atoms with Gasteiger partial charge in [0.2, 0.25) is 0 Å². The van der Waals surface area contributed by atoms with Crippen LogP contribution in [0, 0.1) is 6.92 Å². The normalized spacial score (nSPS) is 18.2. The summed E-state index contributed by atoms with van der Waals surface area (Å²) in [7, 11) is 0. The highest BCUT2D eigenvalue weighted by Crippen LogP contribution is 2.26. The molecular formula is C21H29N3OS. The largest absolute Gasteiger partial charge is 0.350 e. The molecule has 26 heavy (non-hydrogen) atoms. The fraction of sp³-hybridized carbons (Fsp3) is 0.524. The van der Waals surface area contributed by atoms with Crippen LogP contribution in [-0.4, -0.2) is 42.0 Å². The molecule has 1 saturated heterocycles. The number of amides is 1. The van der Waals surface area contributed by atoms with Crippen LogP contribution in [0.4, 0.5) is 0 Å². The van der Waals surface area contributed by atoms with E-state index in [-0.39, 0.29) is 5.91 Å². The zero-order chi connectivity index (χ0) is 18.5. The second kappa shape index (κ2) is 8.78. The standard InChI is InChI=1S/C21H29N3OS/c1-15(2)21-23-16(3)19(26-21)20(25)22-11-13-24-12-7-10-18(14-24)17-8-5-4-6-9-17/h4-6,8-9,15,18H,7,10-14H2,1-3H3,(H,22,25)/t18-/m1/s1. The van der Waals surface area contributed by atoms with E-state index >= 15 is 0 Å². The Bertz CT molecular complexity index is 726. The van der Waals surface area contributed by atoms with Gasteiger partial charge < -0.3 is 10.2 Å². The van der Waals surface area contributed by atoms with Gasteiger partial charge >= 0.3 is 0 Å². The topological polar surface area (TPSA) is 45.2 Å². The van der Waals surface area contributed by atoms with Gasteiger partial charge in [-0.25, -0.2) is 4.98 Å². The van der Waals surface area contributed by atoms with Crippen molar-refractivity contribution in [1.29, 1.82) is 0 Å². The third-order valence-corrected chi connectivity index (χ3v) is 6.46. The summed E-state index contributed by atoms with van der Waals surface area (Å²) in [6.07, 6.45) is 2.48. The first-order valence-electron chi connectivity index (χ1n) is 9.57. The number of nitrogens with one attached hydrogen (secondary N) is 1. The van der Waals surface area contributed by atoms with E-state index in [1.54, 1.807) is 0 Å². The number of rotatable bonds is 6. The van der Waals surface area contributed by atoms with Gasteiger partial charge in [-0.2, -0.15) is 0 Å². The SMILES string of the molecule is Cc1nc(C(C)C)sc1C(=O)NCCN1CCC[C@@H](c2ccccc2)C1. The molecule has 4 nitrogen and oxygen atoms in total. The number of carbonyl (C=O) groups excluding carboxylic acids is 1. The molecule has 1 atom stereocenters. The molecule has 2 aromatic rings. The molecule has 0 saturated carbocycles. The molecule has 5 heteroatoms. The Balaban J connectivity index is 1.49. The van der Waals surface area contributed by atoms with Crippen LogP contribution in [0.15, 0.2) is 30.3 Å². The van der Waals surface area contributed by atoms with Crippen molar-refractivity contribution in [1.82, 2.24) is 15.2 Å². The fourth-order valence-electron chi connectivity index (χ4n) is 3.54. The lowest BCUT2D eigenvalue weighted by molar-refractivity contribution is 0.0949. The molecule has 1 amide bonds. The number of piperidine rings is 1. The van der Waals surface area contributed by atoms with Gasteiger partial charge in [-0.1, -0.05) is 44.2 Å². The van der Waals surface area contributed by atoms with E-state index in [9.17, 15) is 4.79 Å². The van der Waals surface area contributed by atoms with E-state index in [0.29, 0.717) is 18.4 Å². The molecule has 1 aromatic carbocycles. The first-order chi connectivity index (χ1) is 12.5. The zero-order valence-electron chi connectivity index (χ0n) is 16.0. The Labute approximate surface area is 160 Å². The second-order valence-electron chi connectivity index (χ2n) is 7.43. The van der Waals surface area contributed by atoms with Gasteiger partial charge in [0.25, 0.3) is 5.91 Å². The van der Waals surface area contributed by atoms with E-state index in [4.69, 9.17) is 0 Å². The number of likely N-dealkylation sites (tertiary alicyclic amines) is 1. The average molecular weight is 372 g/mol. The number of aryl methyl sites for hydroxylation is 1. The van der Waals surface area contributed by atoms with Crippen LogP contribution in [-0.2, 0) is 0 Å². The van der Waals surface area contributed by atoms with Crippen molar-refractivity contribution < 1.29 is 4.79 Å². The predicted molar refractivity (Wildman–Crippen MR) is 108 cm³/mol. The Morgan fingerprint density at radius 1 is 1.35 bits per heavy atom. The predicted octanol–water partition coefficient (Wildman–Crippen LogP) is 4.18. The summed E-state index contributed by atoms with van der Waals surface area (Å²) in [4.78, 5) is 20.2. The molecule has 3 rings (SSSR count). The summed E-state index contributed by atoms with van der Waals surface area (Å²) in [5, 5.41) is 4.12. The van der Waals surface area contributed by atoms with E-state index in [1.807, 2.05) is 6.92 Å². The summed E-state index contributed by atoms with van der Waals surface area (Å²) < 4.78 is 0. The van der Waals surface area contributed by atoms with Gasteiger partial charge in [-0.15, -0.1) is 11.3 Å². The van der Waals surface area contributed by atoms with Crippen molar-refractivity contribution in [2.45, 2.75) is 45.4 Å². The molecule has 0 radical (unpaired) electrons. The van der Waals surface area contributed by atoms with Crippen LogP contribution in [0.3, 0.4) is 0 Å². The summed E-state index contributed by atoms with van der Waals surface area (Å²) in [5.74, 6) is 0.991. The van der Waals surface area contributed by atoms with Gasteiger partial charge in [-0.05, 0) is 37.8 Å². The molecule has 0 bridgehead atoms. The van der Waals surface area contributed by atoms with Crippen LogP contribution in [0.25, 0.3) is 0 Å². The van der Waals surface area contributed by atoms with Crippen molar-refractivity contribution >= 4 is 17.2 Å². The smallest absolute Gasteiger partial charge is 0.263 e. The van der Waals surface area contributed by atoms with E-state index in [2.05, 4.69) is 59.4 Å². The first-order valence-corrected chi connectivity index (χ1v) is 10.4. The number of carbonyl (C=O) groups is 1. The molecule has 1 N–H and O–H groups in total. The Hall–Kier alpha value is -1.72. The van der Waals surface area contributed by atoms with E-state index in [1.165, 1.54) is 29.7 Å². The van der Waals surface area contributed by atoms with Crippen molar-refractivity contribution in [2.24, 2.45) is 0 Å². The fourth-order valence-corrected chi connectivity index (χ4v) is 4.52. The molecular weight excluding hydrogens is 342 g/mol.